The zero-order valence-corrected chi connectivity index (χ0v) is 14.4. The van der Waals surface area contributed by atoms with Crippen molar-refractivity contribution in [2.45, 2.75) is 32.4 Å². The molecular formula is C19H19ClFNO2. The summed E-state index contributed by atoms with van der Waals surface area (Å²) in [5.41, 5.74) is 1.86. The molecule has 0 aliphatic heterocycles. The van der Waals surface area contributed by atoms with Crippen molar-refractivity contribution in [2.24, 2.45) is 0 Å². The lowest BCUT2D eigenvalue weighted by Crippen LogP contribution is -2.33. The average molecular weight is 348 g/mol. The van der Waals surface area contributed by atoms with Crippen LogP contribution in [0.3, 0.4) is 0 Å². The number of methoxy groups -OCH3 is 1. The molecule has 3 nitrogen and oxygen atoms in total. The number of aryl methyl sites for hydroxylation is 1. The van der Waals surface area contributed by atoms with E-state index < -0.39 is 0 Å². The quantitative estimate of drug-likeness (QED) is 0.791. The number of halogens is 2. The number of ether oxygens (including phenoxy) is 1. The highest BCUT2D eigenvalue weighted by molar-refractivity contribution is 6.31. The number of carbonyl (C=O) groups excluding carboxylic acids is 1. The van der Waals surface area contributed by atoms with Crippen LogP contribution in [0.15, 0.2) is 36.4 Å². The molecule has 0 heterocycles. The molecule has 3 rings (SSSR count). The zero-order chi connectivity index (χ0) is 17.3. The van der Waals surface area contributed by atoms with Crippen LogP contribution in [-0.2, 0) is 6.54 Å². The third kappa shape index (κ3) is 3.39. The standard InChI is InChI=1S/C19H19ClFNO2/c1-12-6-7-13(10-18(12)24-2)19(23)22(14-8-9-14)11-15-16(20)4-3-5-17(15)21/h3-7,10,14H,8-9,11H2,1-2H3. The maximum atomic E-state index is 14.1. The van der Waals surface area contributed by atoms with Crippen LogP contribution in [0.1, 0.15) is 34.3 Å². The second-order valence-electron chi connectivity index (χ2n) is 6.05. The van der Waals surface area contributed by atoms with Gasteiger partial charge in [-0.1, -0.05) is 23.7 Å². The van der Waals surface area contributed by atoms with Gasteiger partial charge in [-0.15, -0.1) is 0 Å². The van der Waals surface area contributed by atoms with Gasteiger partial charge < -0.3 is 9.64 Å². The van der Waals surface area contributed by atoms with Crippen LogP contribution in [0.5, 0.6) is 5.75 Å². The molecule has 0 N–H and O–H groups in total. The minimum absolute atomic E-state index is 0.130. The highest BCUT2D eigenvalue weighted by Gasteiger charge is 2.34. The van der Waals surface area contributed by atoms with Gasteiger partial charge in [-0.2, -0.15) is 0 Å². The van der Waals surface area contributed by atoms with Crippen molar-refractivity contribution in [3.8, 4) is 5.75 Å². The fraction of sp³-hybridized carbons (Fsp3) is 0.316. The molecule has 0 atom stereocenters. The summed E-state index contributed by atoms with van der Waals surface area (Å²) in [6, 6.07) is 10.1. The molecule has 1 saturated carbocycles. The summed E-state index contributed by atoms with van der Waals surface area (Å²) in [7, 11) is 1.58. The van der Waals surface area contributed by atoms with Gasteiger partial charge in [0.25, 0.3) is 5.91 Å². The van der Waals surface area contributed by atoms with E-state index >= 15 is 0 Å². The Morgan fingerprint density at radius 2 is 2.08 bits per heavy atom. The fourth-order valence-corrected chi connectivity index (χ4v) is 2.95. The summed E-state index contributed by atoms with van der Waals surface area (Å²) in [4.78, 5) is 14.6. The van der Waals surface area contributed by atoms with Gasteiger partial charge in [0, 0.05) is 22.2 Å². The maximum absolute atomic E-state index is 14.1. The van der Waals surface area contributed by atoms with Crippen molar-refractivity contribution >= 4 is 17.5 Å². The molecule has 0 unspecified atom stereocenters. The van der Waals surface area contributed by atoms with E-state index in [0.717, 1.165) is 18.4 Å². The molecule has 1 amide bonds. The molecule has 0 saturated heterocycles. The first-order valence-corrected chi connectivity index (χ1v) is 8.27. The van der Waals surface area contributed by atoms with Gasteiger partial charge in [-0.05, 0) is 49.6 Å². The second kappa shape index (κ2) is 6.81. The SMILES string of the molecule is COc1cc(C(=O)N(Cc2c(F)cccc2Cl)C2CC2)ccc1C. The first kappa shape index (κ1) is 16.8. The smallest absolute Gasteiger partial charge is 0.254 e. The van der Waals surface area contributed by atoms with Crippen molar-refractivity contribution < 1.29 is 13.9 Å². The molecule has 24 heavy (non-hydrogen) atoms. The molecule has 2 aromatic rings. The third-order valence-corrected chi connectivity index (χ3v) is 4.65. The van der Waals surface area contributed by atoms with Crippen LogP contribution in [0, 0.1) is 12.7 Å². The minimum Gasteiger partial charge on any atom is -0.496 e. The van der Waals surface area contributed by atoms with E-state index in [1.54, 1.807) is 36.3 Å². The number of rotatable bonds is 5. The Hall–Kier alpha value is -2.07. The summed E-state index contributed by atoms with van der Waals surface area (Å²) in [5, 5.41) is 0.343. The van der Waals surface area contributed by atoms with Crippen LogP contribution in [-0.4, -0.2) is 24.0 Å². The summed E-state index contributed by atoms with van der Waals surface area (Å²) in [6.07, 6.45) is 1.86. The normalized spacial score (nSPS) is 13.7. The monoisotopic (exact) mass is 347 g/mol. The van der Waals surface area contributed by atoms with Gasteiger partial charge in [0.15, 0.2) is 0 Å². The van der Waals surface area contributed by atoms with Crippen molar-refractivity contribution in [1.29, 1.82) is 0 Å². The predicted octanol–water partition coefficient (Wildman–Crippen LogP) is 4.60. The third-order valence-electron chi connectivity index (χ3n) is 4.29. The predicted molar refractivity (Wildman–Crippen MR) is 92.0 cm³/mol. The first-order valence-electron chi connectivity index (χ1n) is 7.89. The van der Waals surface area contributed by atoms with E-state index in [-0.39, 0.29) is 24.3 Å². The Kier molecular flexibility index (Phi) is 4.76. The Morgan fingerprint density at radius 1 is 1.33 bits per heavy atom. The molecule has 1 aliphatic carbocycles. The molecule has 0 radical (unpaired) electrons. The van der Waals surface area contributed by atoms with E-state index in [0.29, 0.717) is 21.9 Å². The van der Waals surface area contributed by atoms with Crippen molar-refractivity contribution in [3.05, 3.63) is 63.9 Å². The van der Waals surface area contributed by atoms with E-state index in [1.807, 2.05) is 13.0 Å². The molecule has 1 aliphatic rings. The zero-order valence-electron chi connectivity index (χ0n) is 13.7. The topological polar surface area (TPSA) is 29.5 Å². The van der Waals surface area contributed by atoms with Gasteiger partial charge in [-0.25, -0.2) is 4.39 Å². The lowest BCUT2D eigenvalue weighted by atomic mass is 10.1. The van der Waals surface area contributed by atoms with Crippen molar-refractivity contribution in [2.75, 3.05) is 7.11 Å². The Labute approximate surface area is 146 Å². The largest absolute Gasteiger partial charge is 0.496 e. The molecular weight excluding hydrogens is 329 g/mol. The summed E-state index contributed by atoms with van der Waals surface area (Å²) < 4.78 is 19.4. The van der Waals surface area contributed by atoms with Gasteiger partial charge in [0.2, 0.25) is 0 Å². The Balaban J connectivity index is 1.90. The van der Waals surface area contributed by atoms with E-state index in [1.165, 1.54) is 6.07 Å². The molecule has 5 heteroatoms. The molecule has 2 aromatic carbocycles. The number of hydrogen-bond acceptors (Lipinski definition) is 2. The number of nitrogens with zero attached hydrogens (tertiary/aromatic N) is 1. The van der Waals surface area contributed by atoms with Crippen LogP contribution in [0.25, 0.3) is 0 Å². The Bertz CT molecular complexity index is 754. The van der Waals surface area contributed by atoms with E-state index in [9.17, 15) is 9.18 Å². The maximum Gasteiger partial charge on any atom is 0.254 e. The van der Waals surface area contributed by atoms with Crippen molar-refractivity contribution in [1.82, 2.24) is 4.90 Å². The number of hydrogen-bond donors (Lipinski definition) is 0. The second-order valence-corrected chi connectivity index (χ2v) is 6.46. The Morgan fingerprint density at radius 3 is 2.71 bits per heavy atom. The summed E-state index contributed by atoms with van der Waals surface area (Å²) in [6.45, 7) is 2.09. The number of benzene rings is 2. The molecule has 126 valence electrons. The van der Waals surface area contributed by atoms with Crippen LogP contribution in [0.4, 0.5) is 4.39 Å². The molecule has 1 fully saturated rings. The van der Waals surface area contributed by atoms with Crippen molar-refractivity contribution in [3.63, 3.8) is 0 Å². The average Bonchev–Trinajstić information content (AvgIpc) is 3.39. The van der Waals surface area contributed by atoms with Crippen LogP contribution in [0.2, 0.25) is 5.02 Å². The van der Waals surface area contributed by atoms with Gasteiger partial charge in [0.1, 0.15) is 11.6 Å². The summed E-state index contributed by atoms with van der Waals surface area (Å²) >= 11 is 6.12. The highest BCUT2D eigenvalue weighted by Crippen LogP contribution is 2.32. The first-order chi connectivity index (χ1) is 11.5. The lowest BCUT2D eigenvalue weighted by molar-refractivity contribution is 0.0728. The van der Waals surface area contributed by atoms with Gasteiger partial charge in [-0.3, -0.25) is 4.79 Å². The minimum atomic E-state index is -0.387. The van der Waals surface area contributed by atoms with Crippen LogP contribution < -0.4 is 4.74 Å². The van der Waals surface area contributed by atoms with Gasteiger partial charge in [0.05, 0.1) is 13.7 Å². The molecule has 0 aromatic heterocycles. The fourth-order valence-electron chi connectivity index (χ4n) is 2.73. The van der Waals surface area contributed by atoms with Crippen LogP contribution >= 0.6 is 11.6 Å². The molecule has 0 spiro atoms. The molecule has 0 bridgehead atoms. The van der Waals surface area contributed by atoms with Gasteiger partial charge >= 0.3 is 0 Å². The van der Waals surface area contributed by atoms with E-state index in [4.69, 9.17) is 16.3 Å². The highest BCUT2D eigenvalue weighted by atomic mass is 35.5. The number of carbonyl (C=O) groups is 1. The summed E-state index contributed by atoms with van der Waals surface area (Å²) in [5.74, 6) is 0.151. The number of amides is 1. The lowest BCUT2D eigenvalue weighted by Gasteiger charge is -2.24. The van der Waals surface area contributed by atoms with E-state index in [2.05, 4.69) is 0 Å².